The summed E-state index contributed by atoms with van der Waals surface area (Å²) in [5, 5.41) is 20.0. The zero-order valence-corrected chi connectivity index (χ0v) is 20.0. The highest BCUT2D eigenvalue weighted by atomic mass is 79.9. The van der Waals surface area contributed by atoms with Crippen LogP contribution in [0.3, 0.4) is 0 Å². The van der Waals surface area contributed by atoms with E-state index >= 15 is 0 Å². The van der Waals surface area contributed by atoms with Crippen LogP contribution in [0.15, 0.2) is 30.6 Å². The van der Waals surface area contributed by atoms with Crippen molar-refractivity contribution in [3.63, 3.8) is 0 Å². The first-order valence-corrected chi connectivity index (χ1v) is 10.6. The minimum absolute atomic E-state index is 0. The Morgan fingerprint density at radius 2 is 1.97 bits per heavy atom. The molecule has 1 aromatic carbocycles. The number of amides is 2. The molecule has 178 valence electrons. The van der Waals surface area contributed by atoms with Gasteiger partial charge in [0.15, 0.2) is 23.0 Å². The molecule has 5 rings (SSSR count). The van der Waals surface area contributed by atoms with Crippen LogP contribution < -0.4 is 20.7 Å². The Labute approximate surface area is 210 Å². The van der Waals surface area contributed by atoms with Crippen molar-refractivity contribution in [1.82, 2.24) is 35.6 Å². The van der Waals surface area contributed by atoms with E-state index in [1.807, 2.05) is 10.00 Å². The fourth-order valence-corrected chi connectivity index (χ4v) is 3.40. The first-order valence-electron chi connectivity index (χ1n) is 12.1. The van der Waals surface area contributed by atoms with Crippen LogP contribution in [0.25, 0.3) is 11.4 Å². The topological polar surface area (TPSA) is 136 Å². The smallest absolute Gasteiger partial charge is 0.273 e. The van der Waals surface area contributed by atoms with Crippen LogP contribution in [0.4, 0.5) is 11.4 Å². The van der Waals surface area contributed by atoms with Crippen LogP contribution in [0.1, 0.15) is 56.8 Å². The number of hydrogen-bond donors (Lipinski definition) is 3. The number of carbonyl (C=O) groups excluding carboxylic acids is 2. The van der Waals surface area contributed by atoms with Gasteiger partial charge in [0.2, 0.25) is 0 Å². The molecule has 2 saturated carbocycles. The van der Waals surface area contributed by atoms with Gasteiger partial charge in [0.25, 0.3) is 11.8 Å². The van der Waals surface area contributed by atoms with Crippen molar-refractivity contribution in [1.29, 1.82) is 0 Å². The summed E-state index contributed by atoms with van der Waals surface area (Å²) < 4.78 is 29.5. The van der Waals surface area contributed by atoms with E-state index in [-0.39, 0.29) is 40.1 Å². The van der Waals surface area contributed by atoms with Gasteiger partial charge in [-0.2, -0.15) is 5.10 Å². The third kappa shape index (κ3) is 4.86. The lowest BCUT2D eigenvalue weighted by Gasteiger charge is -2.16. The second-order valence-corrected chi connectivity index (χ2v) is 7.98. The summed E-state index contributed by atoms with van der Waals surface area (Å²) in [5.41, 5.74) is 0.818. The van der Waals surface area contributed by atoms with Crippen molar-refractivity contribution < 1.29 is 18.4 Å². The average molecular weight is 532 g/mol. The monoisotopic (exact) mass is 531 g/mol. The summed E-state index contributed by atoms with van der Waals surface area (Å²) in [6.45, 7) is -2.73. The number of ether oxygens (including phenoxy) is 1. The van der Waals surface area contributed by atoms with E-state index in [1.54, 1.807) is 24.5 Å². The lowest BCUT2D eigenvalue weighted by Crippen LogP contribution is -2.28. The molecule has 0 unspecified atom stereocenters. The molecule has 2 aliphatic carbocycles. The van der Waals surface area contributed by atoms with E-state index in [4.69, 9.17) is 8.85 Å². The normalized spacial score (nSPS) is 16.3. The van der Waals surface area contributed by atoms with Gasteiger partial charge in [0.05, 0.1) is 30.1 Å². The van der Waals surface area contributed by atoms with Gasteiger partial charge >= 0.3 is 0 Å². The van der Waals surface area contributed by atoms with Crippen LogP contribution in [0.2, 0.25) is 0 Å². The Morgan fingerprint density at radius 1 is 1.15 bits per heavy atom. The maximum atomic E-state index is 12.7. The third-order valence-corrected chi connectivity index (χ3v) is 5.43. The number of rotatable bonds is 8. The molecule has 2 aromatic heterocycles. The lowest BCUT2D eigenvalue weighted by atomic mass is 10.1. The Bertz CT molecular complexity index is 1320. The molecule has 2 amide bonds. The van der Waals surface area contributed by atoms with E-state index in [1.165, 1.54) is 13.2 Å². The molecule has 0 spiro atoms. The number of para-hydroxylation sites is 1. The maximum Gasteiger partial charge on any atom is 0.273 e. The highest BCUT2D eigenvalue weighted by molar-refractivity contribution is 8.93. The highest BCUT2D eigenvalue weighted by Crippen LogP contribution is 2.38. The van der Waals surface area contributed by atoms with E-state index in [9.17, 15) is 9.59 Å². The van der Waals surface area contributed by atoms with Crippen LogP contribution in [-0.4, -0.2) is 56.9 Å². The van der Waals surface area contributed by atoms with Gasteiger partial charge in [-0.1, -0.05) is 6.07 Å². The number of methoxy groups -OCH3 is 1. The molecule has 12 heteroatoms. The van der Waals surface area contributed by atoms with Crippen molar-refractivity contribution in [2.24, 2.45) is 0 Å². The van der Waals surface area contributed by atoms with Gasteiger partial charge in [-0.3, -0.25) is 9.59 Å². The zero-order valence-electron chi connectivity index (χ0n) is 21.2. The Morgan fingerprint density at radius 3 is 2.68 bits per heavy atom. The summed E-state index contributed by atoms with van der Waals surface area (Å²) in [4.78, 5) is 29.6. The fourth-order valence-electron chi connectivity index (χ4n) is 3.40. The minimum atomic E-state index is -2.73. The lowest BCUT2D eigenvalue weighted by molar-refractivity contribution is 0.0935. The average Bonchev–Trinajstić information content (AvgIpc) is 3.77. The second-order valence-electron chi connectivity index (χ2n) is 7.98. The van der Waals surface area contributed by atoms with Gasteiger partial charge in [0, 0.05) is 17.1 Å². The first-order chi connectivity index (χ1) is 17.2. The molecule has 2 aliphatic rings. The van der Waals surface area contributed by atoms with Crippen molar-refractivity contribution in [2.45, 2.75) is 37.8 Å². The largest absolute Gasteiger partial charge is 0.494 e. The van der Waals surface area contributed by atoms with Crippen LogP contribution in [-0.2, 0) is 0 Å². The fraction of sp³-hybridized carbons (Fsp3) is 0.364. The summed E-state index contributed by atoms with van der Waals surface area (Å²) >= 11 is 0. The number of nitrogens with one attached hydrogen (secondary N) is 3. The minimum Gasteiger partial charge on any atom is -0.494 e. The maximum absolute atomic E-state index is 12.7. The predicted octanol–water partition coefficient (Wildman–Crippen LogP) is 2.65. The van der Waals surface area contributed by atoms with E-state index in [2.05, 4.69) is 30.9 Å². The Balaban J connectivity index is 0.00000320. The number of anilines is 2. The summed E-state index contributed by atoms with van der Waals surface area (Å²) in [6, 6.07) is 7.07. The standard InChI is InChI=1S/C22H24N8O3.BrH/c1-23-22(32)18-16(10-17(27-28-18)21(31)25-12-6-7-12)26-15-5-3-4-14(19(15)33-2)20-24-11-30(29-20)13-8-9-13;/h3-5,10-13H,6-9H2,1-2H3,(H,23,32)(H,25,31)(H,26,27);1H/i1D3;. The van der Waals surface area contributed by atoms with Gasteiger partial charge in [-0.15, -0.1) is 27.2 Å². The number of aromatic nitrogens is 5. The molecule has 2 fully saturated rings. The van der Waals surface area contributed by atoms with Gasteiger partial charge in [-0.05, 0) is 43.9 Å². The molecule has 34 heavy (non-hydrogen) atoms. The zero-order chi connectivity index (χ0) is 25.4. The summed E-state index contributed by atoms with van der Waals surface area (Å²) in [6.07, 6.45) is 5.58. The van der Waals surface area contributed by atoms with Crippen molar-refractivity contribution in [3.8, 4) is 17.1 Å². The molecule has 2 heterocycles. The molecule has 0 aliphatic heterocycles. The second kappa shape index (κ2) is 9.75. The van der Waals surface area contributed by atoms with Crippen LogP contribution >= 0.6 is 17.0 Å². The van der Waals surface area contributed by atoms with E-state index in [0.29, 0.717) is 28.9 Å². The third-order valence-electron chi connectivity index (χ3n) is 5.43. The van der Waals surface area contributed by atoms with E-state index in [0.717, 1.165) is 25.7 Å². The van der Waals surface area contributed by atoms with Crippen LogP contribution in [0, 0.1) is 0 Å². The Kier molecular flexibility index (Phi) is 5.71. The van der Waals surface area contributed by atoms with Gasteiger partial charge in [-0.25, -0.2) is 9.67 Å². The van der Waals surface area contributed by atoms with Crippen LogP contribution in [0.5, 0.6) is 5.75 Å². The molecule has 3 N–H and O–H groups in total. The molecule has 11 nitrogen and oxygen atoms in total. The van der Waals surface area contributed by atoms with Gasteiger partial charge < -0.3 is 20.7 Å². The molecular formula is C22H25BrN8O3. The SMILES string of the molecule is Br.[2H]C([2H])([2H])NC(=O)c1nnc(C(=O)NC2CC2)cc1Nc1cccc(-c2ncn(C3CC3)n2)c1OC. The quantitative estimate of drug-likeness (QED) is 0.403. The van der Waals surface area contributed by atoms with Gasteiger partial charge in [0.1, 0.15) is 6.33 Å². The van der Waals surface area contributed by atoms with Crippen molar-refractivity contribution >= 4 is 40.2 Å². The summed E-state index contributed by atoms with van der Waals surface area (Å²) in [5.74, 6) is -0.542. The van der Waals surface area contributed by atoms with Crippen molar-refractivity contribution in [3.05, 3.63) is 42.0 Å². The summed E-state index contributed by atoms with van der Waals surface area (Å²) in [7, 11) is 1.49. The number of halogens is 1. The number of nitrogens with zero attached hydrogens (tertiary/aromatic N) is 5. The molecular weight excluding hydrogens is 504 g/mol. The first kappa shape index (κ1) is 19.9. The molecule has 0 atom stereocenters. The number of carbonyl (C=O) groups is 2. The Hall–Kier alpha value is -3.54. The highest BCUT2D eigenvalue weighted by Gasteiger charge is 2.27. The van der Waals surface area contributed by atoms with Crippen molar-refractivity contribution in [2.75, 3.05) is 19.4 Å². The molecule has 0 radical (unpaired) electrons. The number of hydrogen-bond acceptors (Lipinski definition) is 8. The molecule has 3 aromatic rings. The predicted molar refractivity (Wildman–Crippen MR) is 130 cm³/mol. The molecule has 0 saturated heterocycles. The molecule has 0 bridgehead atoms. The van der Waals surface area contributed by atoms with E-state index < -0.39 is 18.8 Å². The number of benzene rings is 1.